The summed E-state index contributed by atoms with van der Waals surface area (Å²) >= 11 is 3.41. The van der Waals surface area contributed by atoms with Crippen molar-refractivity contribution in [1.29, 1.82) is 0 Å². The van der Waals surface area contributed by atoms with Gasteiger partial charge in [-0.25, -0.2) is 0 Å². The van der Waals surface area contributed by atoms with Gasteiger partial charge >= 0.3 is 0 Å². The Morgan fingerprint density at radius 2 is 2.05 bits per heavy atom. The summed E-state index contributed by atoms with van der Waals surface area (Å²) in [4.78, 5) is 26.2. The molecule has 1 N–H and O–H groups in total. The number of likely N-dealkylation sites (tertiary alicyclic amines) is 1. The van der Waals surface area contributed by atoms with E-state index in [1.807, 2.05) is 32.0 Å². The van der Waals surface area contributed by atoms with Crippen molar-refractivity contribution in [3.63, 3.8) is 0 Å². The number of benzene rings is 1. The SMILES string of the molecule is CNC(=O)C1(C)CCN(C(=O)c2cc(C)cc(Br)c2)C1. The van der Waals surface area contributed by atoms with E-state index >= 15 is 0 Å². The quantitative estimate of drug-likeness (QED) is 0.899. The van der Waals surface area contributed by atoms with E-state index in [0.717, 1.165) is 10.0 Å². The molecule has 0 spiro atoms. The summed E-state index contributed by atoms with van der Waals surface area (Å²) in [7, 11) is 1.63. The predicted molar refractivity (Wildman–Crippen MR) is 81.6 cm³/mol. The number of halogens is 1. The zero-order chi connectivity index (χ0) is 14.9. The van der Waals surface area contributed by atoms with Crippen LogP contribution in [0.1, 0.15) is 29.3 Å². The highest BCUT2D eigenvalue weighted by atomic mass is 79.9. The van der Waals surface area contributed by atoms with E-state index in [0.29, 0.717) is 25.1 Å². The first-order valence-corrected chi connectivity index (χ1v) is 7.44. The number of carbonyl (C=O) groups is 2. The molecule has 1 aliphatic rings. The van der Waals surface area contributed by atoms with Crippen molar-refractivity contribution < 1.29 is 9.59 Å². The van der Waals surface area contributed by atoms with Crippen LogP contribution in [-0.4, -0.2) is 36.9 Å². The summed E-state index contributed by atoms with van der Waals surface area (Å²) in [6.07, 6.45) is 0.700. The molecule has 20 heavy (non-hydrogen) atoms. The van der Waals surface area contributed by atoms with Gasteiger partial charge < -0.3 is 10.2 Å². The fraction of sp³-hybridized carbons (Fsp3) is 0.467. The monoisotopic (exact) mass is 338 g/mol. The van der Waals surface area contributed by atoms with Crippen LogP contribution in [-0.2, 0) is 4.79 Å². The van der Waals surface area contributed by atoms with Gasteiger partial charge in [0.15, 0.2) is 0 Å². The van der Waals surface area contributed by atoms with E-state index < -0.39 is 5.41 Å². The lowest BCUT2D eigenvalue weighted by Gasteiger charge is -2.23. The summed E-state index contributed by atoms with van der Waals surface area (Å²) < 4.78 is 0.897. The van der Waals surface area contributed by atoms with Gasteiger partial charge in [0, 0.05) is 30.2 Å². The molecule has 1 aromatic rings. The van der Waals surface area contributed by atoms with Crippen molar-refractivity contribution >= 4 is 27.7 Å². The van der Waals surface area contributed by atoms with Crippen molar-refractivity contribution in [2.45, 2.75) is 20.3 Å². The number of aryl methyl sites for hydroxylation is 1. The largest absolute Gasteiger partial charge is 0.359 e. The predicted octanol–water partition coefficient (Wildman–Crippen LogP) is 2.36. The number of carbonyl (C=O) groups excluding carboxylic acids is 2. The number of hydrogen-bond acceptors (Lipinski definition) is 2. The lowest BCUT2D eigenvalue weighted by Crippen LogP contribution is -2.40. The first-order chi connectivity index (χ1) is 9.35. The van der Waals surface area contributed by atoms with Gasteiger partial charge in [0.05, 0.1) is 5.41 Å². The van der Waals surface area contributed by atoms with Crippen molar-refractivity contribution in [1.82, 2.24) is 10.2 Å². The van der Waals surface area contributed by atoms with Gasteiger partial charge in [-0.15, -0.1) is 0 Å². The Morgan fingerprint density at radius 1 is 1.35 bits per heavy atom. The van der Waals surface area contributed by atoms with Gasteiger partial charge in [-0.1, -0.05) is 15.9 Å². The van der Waals surface area contributed by atoms with Crippen molar-refractivity contribution in [2.24, 2.45) is 5.41 Å². The molecule has 5 heteroatoms. The minimum atomic E-state index is -0.481. The Labute approximate surface area is 127 Å². The molecule has 0 bridgehead atoms. The number of nitrogens with zero attached hydrogens (tertiary/aromatic N) is 1. The van der Waals surface area contributed by atoms with Crippen LogP contribution in [0.25, 0.3) is 0 Å². The van der Waals surface area contributed by atoms with Crippen LogP contribution in [0.5, 0.6) is 0 Å². The Kier molecular flexibility index (Phi) is 4.18. The second kappa shape index (κ2) is 5.56. The van der Waals surface area contributed by atoms with Crippen LogP contribution in [0, 0.1) is 12.3 Å². The summed E-state index contributed by atoms with van der Waals surface area (Å²) in [6.45, 7) is 4.96. The van der Waals surface area contributed by atoms with Gasteiger partial charge in [0.25, 0.3) is 5.91 Å². The smallest absolute Gasteiger partial charge is 0.253 e. The highest BCUT2D eigenvalue weighted by molar-refractivity contribution is 9.10. The second-order valence-corrected chi connectivity index (χ2v) is 6.55. The fourth-order valence-corrected chi connectivity index (χ4v) is 3.27. The normalized spacial score (nSPS) is 21.9. The third kappa shape index (κ3) is 2.87. The highest BCUT2D eigenvalue weighted by Crippen LogP contribution is 2.31. The molecule has 1 atom stereocenters. The van der Waals surface area contributed by atoms with E-state index in [9.17, 15) is 9.59 Å². The van der Waals surface area contributed by atoms with Crippen molar-refractivity contribution in [2.75, 3.05) is 20.1 Å². The van der Waals surface area contributed by atoms with Gasteiger partial charge in [-0.3, -0.25) is 9.59 Å². The van der Waals surface area contributed by atoms with E-state index in [2.05, 4.69) is 21.2 Å². The molecule has 1 saturated heterocycles. The third-order valence-electron chi connectivity index (χ3n) is 3.82. The van der Waals surface area contributed by atoms with Crippen LogP contribution in [0.15, 0.2) is 22.7 Å². The maximum Gasteiger partial charge on any atom is 0.253 e. The maximum atomic E-state index is 12.5. The number of nitrogens with one attached hydrogen (secondary N) is 1. The molecule has 0 aliphatic carbocycles. The average Bonchev–Trinajstić information content (AvgIpc) is 2.79. The van der Waals surface area contributed by atoms with E-state index in [1.165, 1.54) is 0 Å². The van der Waals surface area contributed by atoms with Crippen molar-refractivity contribution in [3.05, 3.63) is 33.8 Å². The molecule has 1 fully saturated rings. The van der Waals surface area contributed by atoms with Gasteiger partial charge in [-0.2, -0.15) is 0 Å². The van der Waals surface area contributed by atoms with Crippen molar-refractivity contribution in [3.8, 4) is 0 Å². The molecule has 2 amide bonds. The van der Waals surface area contributed by atoms with Crippen LogP contribution < -0.4 is 5.32 Å². The van der Waals surface area contributed by atoms with E-state index in [-0.39, 0.29) is 11.8 Å². The molecule has 1 aliphatic heterocycles. The maximum absolute atomic E-state index is 12.5. The molecule has 1 heterocycles. The zero-order valence-corrected chi connectivity index (χ0v) is 13.6. The number of rotatable bonds is 2. The number of hydrogen-bond donors (Lipinski definition) is 1. The molecule has 1 aromatic carbocycles. The summed E-state index contributed by atoms with van der Waals surface area (Å²) in [5.41, 5.74) is 1.22. The minimum absolute atomic E-state index is 0.00165. The van der Waals surface area contributed by atoms with Crippen LogP contribution >= 0.6 is 15.9 Å². The van der Waals surface area contributed by atoms with Gasteiger partial charge in [-0.05, 0) is 44.0 Å². The molecule has 4 nitrogen and oxygen atoms in total. The molecule has 108 valence electrons. The minimum Gasteiger partial charge on any atom is -0.359 e. The molecule has 0 aromatic heterocycles. The molecule has 1 unspecified atom stereocenters. The summed E-state index contributed by atoms with van der Waals surface area (Å²) in [5.74, 6) is -0.0137. The molecule has 0 saturated carbocycles. The lowest BCUT2D eigenvalue weighted by molar-refractivity contribution is -0.128. The molecular formula is C15H19BrN2O2. The van der Waals surface area contributed by atoms with Gasteiger partial charge in [0.1, 0.15) is 0 Å². The Balaban J connectivity index is 2.17. The van der Waals surface area contributed by atoms with Crippen LogP contribution in [0.3, 0.4) is 0 Å². The zero-order valence-electron chi connectivity index (χ0n) is 12.0. The first kappa shape index (κ1) is 15.0. The van der Waals surface area contributed by atoms with E-state index in [4.69, 9.17) is 0 Å². The Hall–Kier alpha value is -1.36. The van der Waals surface area contributed by atoms with Crippen LogP contribution in [0.2, 0.25) is 0 Å². The standard InChI is InChI=1S/C15H19BrN2O2/c1-10-6-11(8-12(16)7-10)13(19)18-5-4-15(2,9-18)14(20)17-3/h6-8H,4-5,9H2,1-3H3,(H,17,20). The highest BCUT2D eigenvalue weighted by Gasteiger charge is 2.41. The second-order valence-electron chi connectivity index (χ2n) is 5.63. The molecule has 0 radical (unpaired) electrons. The third-order valence-corrected chi connectivity index (χ3v) is 4.28. The van der Waals surface area contributed by atoms with Crippen LogP contribution in [0.4, 0.5) is 0 Å². The van der Waals surface area contributed by atoms with E-state index in [1.54, 1.807) is 11.9 Å². The molecule has 2 rings (SSSR count). The lowest BCUT2D eigenvalue weighted by atomic mass is 9.89. The first-order valence-electron chi connectivity index (χ1n) is 6.64. The fourth-order valence-electron chi connectivity index (χ4n) is 2.66. The topological polar surface area (TPSA) is 49.4 Å². The number of amides is 2. The average molecular weight is 339 g/mol. The molecular weight excluding hydrogens is 320 g/mol. The summed E-state index contributed by atoms with van der Waals surface area (Å²) in [6, 6.07) is 5.67. The Morgan fingerprint density at radius 3 is 2.65 bits per heavy atom. The Bertz CT molecular complexity index is 539. The summed E-state index contributed by atoms with van der Waals surface area (Å²) in [5, 5.41) is 2.68. The van der Waals surface area contributed by atoms with Gasteiger partial charge in [0.2, 0.25) is 5.91 Å².